The van der Waals surface area contributed by atoms with Crippen LogP contribution in [-0.4, -0.2) is 6.61 Å². The standard InChI is InChI=1S/C11H13NO3/c12-10(11-4-2-6-15-11)8-13-7-9-3-1-5-14-9/h1-6,10H,7-8,12H2. The molecule has 4 heteroatoms. The van der Waals surface area contributed by atoms with Gasteiger partial charge in [-0.2, -0.15) is 0 Å². The van der Waals surface area contributed by atoms with Crippen LogP contribution in [0.1, 0.15) is 17.6 Å². The van der Waals surface area contributed by atoms with Crippen LogP contribution < -0.4 is 5.73 Å². The van der Waals surface area contributed by atoms with Crippen molar-refractivity contribution in [2.75, 3.05) is 6.61 Å². The predicted molar refractivity (Wildman–Crippen MR) is 54.0 cm³/mol. The maximum absolute atomic E-state index is 5.83. The van der Waals surface area contributed by atoms with E-state index in [1.54, 1.807) is 12.5 Å². The van der Waals surface area contributed by atoms with Crippen molar-refractivity contribution in [2.45, 2.75) is 12.6 Å². The maximum Gasteiger partial charge on any atom is 0.129 e. The highest BCUT2D eigenvalue weighted by Gasteiger charge is 2.08. The Kier molecular flexibility index (Phi) is 3.22. The molecule has 0 amide bonds. The molecule has 4 nitrogen and oxygen atoms in total. The number of hydrogen-bond donors (Lipinski definition) is 1. The van der Waals surface area contributed by atoms with E-state index < -0.39 is 0 Å². The van der Waals surface area contributed by atoms with Crippen molar-refractivity contribution >= 4 is 0 Å². The van der Waals surface area contributed by atoms with Gasteiger partial charge in [-0.25, -0.2) is 0 Å². The molecule has 1 atom stereocenters. The lowest BCUT2D eigenvalue weighted by Gasteiger charge is -2.08. The van der Waals surface area contributed by atoms with Gasteiger partial charge in [0.15, 0.2) is 0 Å². The highest BCUT2D eigenvalue weighted by atomic mass is 16.5. The molecule has 0 saturated carbocycles. The zero-order chi connectivity index (χ0) is 10.5. The van der Waals surface area contributed by atoms with Crippen LogP contribution in [0.5, 0.6) is 0 Å². The zero-order valence-corrected chi connectivity index (χ0v) is 8.26. The van der Waals surface area contributed by atoms with E-state index in [0.717, 1.165) is 11.5 Å². The summed E-state index contributed by atoms with van der Waals surface area (Å²) in [5.41, 5.74) is 5.83. The van der Waals surface area contributed by atoms with Gasteiger partial charge in [0.2, 0.25) is 0 Å². The van der Waals surface area contributed by atoms with E-state index in [2.05, 4.69) is 0 Å². The Morgan fingerprint density at radius 1 is 1.20 bits per heavy atom. The zero-order valence-electron chi connectivity index (χ0n) is 8.26. The SMILES string of the molecule is NC(COCc1ccco1)c1ccco1. The predicted octanol–water partition coefficient (Wildman–Crippen LogP) is 2.09. The Hall–Kier alpha value is -1.52. The van der Waals surface area contributed by atoms with E-state index in [1.165, 1.54) is 0 Å². The molecule has 0 aliphatic rings. The number of rotatable bonds is 5. The highest BCUT2D eigenvalue weighted by Crippen LogP contribution is 2.11. The first-order valence-electron chi connectivity index (χ1n) is 4.75. The van der Waals surface area contributed by atoms with Crippen LogP contribution in [0.3, 0.4) is 0 Å². The first kappa shape index (κ1) is 10.0. The van der Waals surface area contributed by atoms with Gasteiger partial charge in [-0.3, -0.25) is 0 Å². The molecular formula is C11H13NO3. The van der Waals surface area contributed by atoms with Crippen LogP contribution >= 0.6 is 0 Å². The molecule has 0 radical (unpaired) electrons. The summed E-state index contributed by atoms with van der Waals surface area (Å²) in [6.07, 6.45) is 3.22. The van der Waals surface area contributed by atoms with Crippen molar-refractivity contribution in [3.8, 4) is 0 Å². The molecule has 0 spiro atoms. The lowest BCUT2D eigenvalue weighted by molar-refractivity contribution is 0.0900. The molecule has 2 aromatic rings. The van der Waals surface area contributed by atoms with Gasteiger partial charge in [-0.05, 0) is 24.3 Å². The summed E-state index contributed by atoms with van der Waals surface area (Å²) in [4.78, 5) is 0. The van der Waals surface area contributed by atoms with Gasteiger partial charge in [0, 0.05) is 0 Å². The molecule has 2 aromatic heterocycles. The Labute approximate surface area is 87.6 Å². The van der Waals surface area contributed by atoms with E-state index in [1.807, 2.05) is 24.3 Å². The first-order chi connectivity index (χ1) is 7.36. The third-order valence-corrected chi connectivity index (χ3v) is 2.03. The van der Waals surface area contributed by atoms with Crippen LogP contribution in [0.25, 0.3) is 0 Å². The van der Waals surface area contributed by atoms with E-state index in [4.69, 9.17) is 19.3 Å². The molecule has 0 fully saturated rings. The van der Waals surface area contributed by atoms with Crippen LogP contribution in [0.4, 0.5) is 0 Å². The molecular weight excluding hydrogens is 194 g/mol. The molecule has 0 aromatic carbocycles. The van der Waals surface area contributed by atoms with Crippen LogP contribution in [-0.2, 0) is 11.3 Å². The fraction of sp³-hybridized carbons (Fsp3) is 0.273. The van der Waals surface area contributed by atoms with Crippen molar-refractivity contribution in [1.29, 1.82) is 0 Å². The smallest absolute Gasteiger partial charge is 0.129 e. The number of nitrogens with two attached hydrogens (primary N) is 1. The van der Waals surface area contributed by atoms with Crippen molar-refractivity contribution in [3.05, 3.63) is 48.3 Å². The van der Waals surface area contributed by atoms with Gasteiger partial charge in [0.05, 0.1) is 25.2 Å². The average Bonchev–Trinajstić information content (AvgIpc) is 2.90. The Bertz CT molecular complexity index is 366. The molecule has 2 rings (SSSR count). The molecule has 0 aliphatic heterocycles. The van der Waals surface area contributed by atoms with Crippen molar-refractivity contribution in [3.63, 3.8) is 0 Å². The summed E-state index contributed by atoms with van der Waals surface area (Å²) in [5, 5.41) is 0. The lowest BCUT2D eigenvalue weighted by atomic mass is 10.2. The Morgan fingerprint density at radius 2 is 2.00 bits per heavy atom. The minimum absolute atomic E-state index is 0.227. The maximum atomic E-state index is 5.83. The summed E-state index contributed by atoms with van der Waals surface area (Å²) < 4.78 is 15.7. The summed E-state index contributed by atoms with van der Waals surface area (Å²) in [6.45, 7) is 0.843. The lowest BCUT2D eigenvalue weighted by Crippen LogP contribution is -2.16. The van der Waals surface area contributed by atoms with Crippen molar-refractivity contribution < 1.29 is 13.6 Å². The summed E-state index contributed by atoms with van der Waals surface area (Å²) in [5.74, 6) is 1.52. The van der Waals surface area contributed by atoms with Gasteiger partial charge < -0.3 is 19.3 Å². The summed E-state index contributed by atoms with van der Waals surface area (Å²) >= 11 is 0. The topological polar surface area (TPSA) is 61.5 Å². The summed E-state index contributed by atoms with van der Waals surface area (Å²) in [6, 6.07) is 7.10. The second-order valence-corrected chi connectivity index (χ2v) is 3.22. The summed E-state index contributed by atoms with van der Waals surface area (Å²) in [7, 11) is 0. The normalized spacial score (nSPS) is 12.9. The van der Waals surface area contributed by atoms with Gasteiger partial charge >= 0.3 is 0 Å². The molecule has 2 N–H and O–H groups in total. The second kappa shape index (κ2) is 4.82. The third-order valence-electron chi connectivity index (χ3n) is 2.03. The van der Waals surface area contributed by atoms with Gasteiger partial charge in [0.25, 0.3) is 0 Å². The highest BCUT2D eigenvalue weighted by molar-refractivity contribution is 5.03. The fourth-order valence-corrected chi connectivity index (χ4v) is 1.27. The van der Waals surface area contributed by atoms with E-state index in [-0.39, 0.29) is 6.04 Å². The molecule has 2 heterocycles. The number of ether oxygens (including phenoxy) is 1. The minimum Gasteiger partial charge on any atom is -0.468 e. The Morgan fingerprint density at radius 3 is 2.67 bits per heavy atom. The van der Waals surface area contributed by atoms with Crippen molar-refractivity contribution in [2.24, 2.45) is 5.73 Å². The first-order valence-corrected chi connectivity index (χ1v) is 4.75. The molecule has 80 valence electrons. The average molecular weight is 207 g/mol. The van der Waals surface area contributed by atoms with E-state index >= 15 is 0 Å². The van der Waals surface area contributed by atoms with Crippen LogP contribution in [0.15, 0.2) is 45.6 Å². The van der Waals surface area contributed by atoms with Gasteiger partial charge in [0.1, 0.15) is 18.1 Å². The van der Waals surface area contributed by atoms with Crippen LogP contribution in [0, 0.1) is 0 Å². The molecule has 1 unspecified atom stereocenters. The van der Waals surface area contributed by atoms with Gasteiger partial charge in [-0.15, -0.1) is 0 Å². The molecule has 0 bridgehead atoms. The molecule has 0 saturated heterocycles. The monoisotopic (exact) mass is 207 g/mol. The third kappa shape index (κ3) is 2.71. The fourth-order valence-electron chi connectivity index (χ4n) is 1.27. The second-order valence-electron chi connectivity index (χ2n) is 3.22. The van der Waals surface area contributed by atoms with Crippen LogP contribution in [0.2, 0.25) is 0 Å². The molecule has 15 heavy (non-hydrogen) atoms. The van der Waals surface area contributed by atoms with Gasteiger partial charge in [-0.1, -0.05) is 0 Å². The van der Waals surface area contributed by atoms with E-state index in [9.17, 15) is 0 Å². The quantitative estimate of drug-likeness (QED) is 0.815. The molecule has 0 aliphatic carbocycles. The van der Waals surface area contributed by atoms with Crippen molar-refractivity contribution in [1.82, 2.24) is 0 Å². The minimum atomic E-state index is -0.227. The number of furan rings is 2. The number of hydrogen-bond acceptors (Lipinski definition) is 4. The Balaban J connectivity index is 1.74. The largest absolute Gasteiger partial charge is 0.468 e. The van der Waals surface area contributed by atoms with E-state index in [0.29, 0.717) is 13.2 Å².